The Morgan fingerprint density at radius 3 is 2.97 bits per heavy atom. The zero-order chi connectivity index (χ0) is 21.1. The number of nitro benzene ring substituents is 1. The van der Waals surface area contributed by atoms with Gasteiger partial charge in [-0.25, -0.2) is 15.0 Å². The number of nitro groups is 1. The monoisotopic (exact) mass is 403 g/mol. The topological polar surface area (TPSA) is 121 Å². The van der Waals surface area contributed by atoms with Gasteiger partial charge >= 0.3 is 0 Å². The van der Waals surface area contributed by atoms with E-state index in [9.17, 15) is 15.4 Å². The highest BCUT2D eigenvalue weighted by atomic mass is 16.6. The second-order valence-corrected chi connectivity index (χ2v) is 7.28. The summed E-state index contributed by atoms with van der Waals surface area (Å²) in [5.41, 5.74) is 1.88. The van der Waals surface area contributed by atoms with Crippen LogP contribution in [0.4, 0.5) is 17.3 Å². The summed E-state index contributed by atoms with van der Waals surface area (Å²) in [7, 11) is 0. The fourth-order valence-electron chi connectivity index (χ4n) is 3.76. The van der Waals surface area contributed by atoms with E-state index in [2.05, 4.69) is 38.2 Å². The number of piperidine rings is 1. The van der Waals surface area contributed by atoms with E-state index in [1.165, 1.54) is 12.1 Å². The molecule has 9 nitrogen and oxygen atoms in total. The smallest absolute Gasteiger partial charge is 0.270 e. The fraction of sp³-hybridized carbons (Fsp3) is 0.333. The van der Waals surface area contributed by atoms with Crippen LogP contribution in [-0.2, 0) is 6.42 Å². The molecule has 1 atom stereocenters. The van der Waals surface area contributed by atoms with Gasteiger partial charge in [0.15, 0.2) is 0 Å². The van der Waals surface area contributed by atoms with Crippen LogP contribution >= 0.6 is 0 Å². The lowest BCUT2D eigenvalue weighted by Crippen LogP contribution is -2.42. The molecule has 3 aromatic rings. The second-order valence-electron chi connectivity index (χ2n) is 7.28. The van der Waals surface area contributed by atoms with Gasteiger partial charge in [0.25, 0.3) is 5.69 Å². The lowest BCUT2D eigenvalue weighted by molar-refractivity contribution is -0.384. The first-order chi connectivity index (χ1) is 14.6. The first-order valence-electron chi connectivity index (χ1n) is 9.89. The molecule has 1 fully saturated rings. The Balaban J connectivity index is 1.56. The number of hydrogen-bond acceptors (Lipinski definition) is 8. The number of hydrogen-bond donors (Lipinski definition) is 1. The largest absolute Gasteiger partial charge is 0.366 e. The number of pyridine rings is 1. The molecule has 9 heteroatoms. The number of nitrogens with zero attached hydrogens (tertiary/aromatic N) is 6. The molecule has 0 bridgehead atoms. The minimum atomic E-state index is -0.472. The zero-order valence-corrected chi connectivity index (χ0v) is 16.6. The molecule has 1 aromatic carbocycles. The van der Waals surface area contributed by atoms with Gasteiger partial charge in [-0.1, -0.05) is 6.92 Å². The van der Waals surface area contributed by atoms with Crippen LogP contribution in [0.15, 0.2) is 36.7 Å². The summed E-state index contributed by atoms with van der Waals surface area (Å²) in [4.78, 5) is 26.1. The molecule has 1 aliphatic heterocycles. The predicted octanol–water partition coefficient (Wildman–Crippen LogP) is 3.45. The van der Waals surface area contributed by atoms with E-state index in [-0.39, 0.29) is 11.7 Å². The Labute approximate surface area is 173 Å². The van der Waals surface area contributed by atoms with Crippen molar-refractivity contribution < 1.29 is 4.92 Å². The zero-order valence-electron chi connectivity index (χ0n) is 16.6. The molecular formula is C21H21N7O2. The molecule has 0 saturated carbocycles. The van der Waals surface area contributed by atoms with Crippen molar-refractivity contribution in [3.8, 4) is 6.07 Å². The van der Waals surface area contributed by atoms with Gasteiger partial charge in [-0.15, -0.1) is 0 Å². The summed E-state index contributed by atoms with van der Waals surface area (Å²) in [5, 5.41) is 24.5. The number of anilines is 2. The van der Waals surface area contributed by atoms with Gasteiger partial charge in [-0.05, 0) is 31.4 Å². The van der Waals surface area contributed by atoms with Crippen molar-refractivity contribution in [1.82, 2.24) is 15.0 Å². The van der Waals surface area contributed by atoms with E-state index in [1.807, 2.05) is 6.07 Å². The van der Waals surface area contributed by atoms with Crippen LogP contribution in [0.3, 0.4) is 0 Å². The Hall–Kier alpha value is -3.80. The number of benzene rings is 1. The Morgan fingerprint density at radius 1 is 1.33 bits per heavy atom. The summed E-state index contributed by atoms with van der Waals surface area (Å²) in [6.45, 7) is 3.76. The number of rotatable bonds is 5. The molecule has 4 rings (SSSR count). The lowest BCUT2D eigenvalue weighted by Gasteiger charge is -2.34. The summed E-state index contributed by atoms with van der Waals surface area (Å²) in [5.74, 6) is 1.52. The maximum Gasteiger partial charge on any atom is 0.270 e. The summed E-state index contributed by atoms with van der Waals surface area (Å²) in [6.07, 6.45) is 4.45. The van der Waals surface area contributed by atoms with E-state index in [4.69, 9.17) is 0 Å². The van der Waals surface area contributed by atoms with Crippen molar-refractivity contribution in [2.75, 3.05) is 23.3 Å². The van der Waals surface area contributed by atoms with Crippen molar-refractivity contribution in [2.45, 2.75) is 32.2 Å². The molecular weight excluding hydrogens is 382 g/mol. The molecule has 1 saturated heterocycles. The third-order valence-corrected chi connectivity index (χ3v) is 5.29. The van der Waals surface area contributed by atoms with Crippen molar-refractivity contribution >= 4 is 28.2 Å². The fourth-order valence-corrected chi connectivity index (χ4v) is 3.76. The van der Waals surface area contributed by atoms with E-state index in [0.717, 1.165) is 43.9 Å². The van der Waals surface area contributed by atoms with Crippen LogP contribution < -0.4 is 10.2 Å². The van der Waals surface area contributed by atoms with Gasteiger partial charge in [-0.2, -0.15) is 5.26 Å². The van der Waals surface area contributed by atoms with E-state index in [0.29, 0.717) is 22.3 Å². The summed E-state index contributed by atoms with van der Waals surface area (Å²) < 4.78 is 0. The van der Waals surface area contributed by atoms with Crippen LogP contribution in [0.2, 0.25) is 0 Å². The molecule has 30 heavy (non-hydrogen) atoms. The molecule has 1 unspecified atom stereocenters. The molecule has 152 valence electrons. The Kier molecular flexibility index (Phi) is 5.39. The average molecular weight is 403 g/mol. The van der Waals surface area contributed by atoms with Crippen LogP contribution in [0.1, 0.15) is 31.0 Å². The van der Waals surface area contributed by atoms with E-state index < -0.39 is 4.92 Å². The average Bonchev–Trinajstić information content (AvgIpc) is 2.78. The molecule has 1 aliphatic rings. The van der Waals surface area contributed by atoms with E-state index >= 15 is 0 Å². The Bertz CT molecular complexity index is 1140. The molecule has 0 spiro atoms. The van der Waals surface area contributed by atoms with Crippen LogP contribution in [0, 0.1) is 21.4 Å². The lowest BCUT2D eigenvalue weighted by atomic mass is 10.0. The minimum absolute atomic E-state index is 0.0549. The Morgan fingerprint density at radius 2 is 2.20 bits per heavy atom. The number of aromatic nitrogens is 3. The third-order valence-electron chi connectivity index (χ3n) is 5.29. The summed E-state index contributed by atoms with van der Waals surface area (Å²) in [6, 6.07) is 10.3. The van der Waals surface area contributed by atoms with Crippen molar-refractivity contribution in [3.05, 3.63) is 58.0 Å². The van der Waals surface area contributed by atoms with Gasteiger partial charge in [0.05, 0.1) is 22.1 Å². The maximum atomic E-state index is 11.0. The highest BCUT2D eigenvalue weighted by Crippen LogP contribution is 2.26. The van der Waals surface area contributed by atoms with Crippen molar-refractivity contribution in [2.24, 2.45) is 0 Å². The minimum Gasteiger partial charge on any atom is -0.366 e. The number of non-ortho nitro benzene ring substituents is 1. The van der Waals surface area contributed by atoms with Crippen LogP contribution in [0.5, 0.6) is 0 Å². The quantitative estimate of drug-likeness (QED) is 0.508. The second kappa shape index (κ2) is 8.29. The normalized spacial score (nSPS) is 16.3. The third kappa shape index (κ3) is 3.98. The van der Waals surface area contributed by atoms with Gasteiger partial charge in [-0.3, -0.25) is 10.1 Å². The number of nitrogens with one attached hydrogen (secondary N) is 1. The highest BCUT2D eigenvalue weighted by Gasteiger charge is 2.22. The molecule has 0 radical (unpaired) electrons. The molecule has 3 heterocycles. The van der Waals surface area contributed by atoms with E-state index in [1.54, 1.807) is 18.5 Å². The molecule has 0 aliphatic carbocycles. The van der Waals surface area contributed by atoms with Gasteiger partial charge in [0.1, 0.15) is 18.0 Å². The SMILES string of the molecule is CCc1cc(N2CCCC(Nc3cc(C#N)c4cc([N+](=O)[O-])ccc4n3)C2)ncn1. The highest BCUT2D eigenvalue weighted by molar-refractivity contribution is 5.88. The first kappa shape index (κ1) is 19.5. The number of fused-ring (bicyclic) bond motifs is 1. The number of nitriles is 1. The van der Waals surface area contributed by atoms with Crippen LogP contribution in [-0.4, -0.2) is 39.0 Å². The molecule has 1 N–H and O–H groups in total. The van der Waals surface area contributed by atoms with Gasteiger partial charge < -0.3 is 10.2 Å². The van der Waals surface area contributed by atoms with Crippen LogP contribution in [0.25, 0.3) is 10.9 Å². The standard InChI is InChI=1S/C21H21N7O2/c1-2-15-9-21(24-13-23-15)27-7-3-4-16(12-27)25-20-8-14(11-22)18-10-17(28(29)30)5-6-19(18)26-20/h5-6,8-10,13,16H,2-4,7,12H2,1H3,(H,25,26). The maximum absolute atomic E-state index is 11.0. The summed E-state index contributed by atoms with van der Waals surface area (Å²) >= 11 is 0. The molecule has 0 amide bonds. The van der Waals surface area contributed by atoms with Crippen molar-refractivity contribution in [1.29, 1.82) is 5.26 Å². The first-order valence-corrected chi connectivity index (χ1v) is 9.89. The van der Waals surface area contributed by atoms with Crippen molar-refractivity contribution in [3.63, 3.8) is 0 Å². The molecule has 2 aromatic heterocycles. The number of aryl methyl sites for hydroxylation is 1. The predicted molar refractivity (Wildman–Crippen MR) is 113 cm³/mol. The van der Waals surface area contributed by atoms with Gasteiger partial charge in [0, 0.05) is 48.4 Å². The van der Waals surface area contributed by atoms with Gasteiger partial charge in [0.2, 0.25) is 0 Å².